The van der Waals surface area contributed by atoms with Gasteiger partial charge in [-0.2, -0.15) is 0 Å². The van der Waals surface area contributed by atoms with E-state index in [9.17, 15) is 8.42 Å². The largest absolute Gasteiger partial charge is 0.345 e. The van der Waals surface area contributed by atoms with E-state index in [1.807, 2.05) is 0 Å². The third-order valence-corrected chi connectivity index (χ3v) is 4.81. The van der Waals surface area contributed by atoms with Crippen molar-refractivity contribution in [2.24, 2.45) is 0 Å². The van der Waals surface area contributed by atoms with E-state index in [0.717, 1.165) is 30.4 Å². The molecule has 1 aliphatic heterocycles. The summed E-state index contributed by atoms with van der Waals surface area (Å²) in [5.41, 5.74) is 1.48. The van der Waals surface area contributed by atoms with Crippen LogP contribution in [0.1, 0.15) is 12.8 Å². The lowest BCUT2D eigenvalue weighted by atomic mass is 10.2. The van der Waals surface area contributed by atoms with Crippen molar-refractivity contribution in [3.63, 3.8) is 0 Å². The molecule has 2 aromatic rings. The smallest absolute Gasteiger partial charge is 0.240 e. The van der Waals surface area contributed by atoms with Crippen molar-refractivity contribution in [1.29, 1.82) is 0 Å². The lowest BCUT2D eigenvalue weighted by molar-refractivity contribution is 0.552. The van der Waals surface area contributed by atoms with Crippen molar-refractivity contribution in [1.82, 2.24) is 20.0 Å². The summed E-state index contributed by atoms with van der Waals surface area (Å²) < 4.78 is 27.0. The summed E-state index contributed by atoms with van der Waals surface area (Å²) in [6, 6.07) is 5.12. The Kier molecular flexibility index (Phi) is 3.26. The van der Waals surface area contributed by atoms with Gasteiger partial charge in [-0.05, 0) is 37.6 Å². The number of aromatic nitrogens is 2. The molecular formula is C12H16N4O2S. The SMILES string of the molecule is O=S(=O)(NC[C@@H]1CCCN1)c1ccc2nc[nH]c2c1. The predicted octanol–water partition coefficient (Wildman–Crippen LogP) is 0.593. The number of rotatable bonds is 4. The minimum Gasteiger partial charge on any atom is -0.345 e. The maximum atomic E-state index is 12.2. The van der Waals surface area contributed by atoms with Gasteiger partial charge >= 0.3 is 0 Å². The topological polar surface area (TPSA) is 86.9 Å². The van der Waals surface area contributed by atoms with Gasteiger partial charge in [-0.3, -0.25) is 0 Å². The number of nitrogens with one attached hydrogen (secondary N) is 3. The summed E-state index contributed by atoms with van der Waals surface area (Å²) in [4.78, 5) is 7.25. The second kappa shape index (κ2) is 4.92. The Hall–Kier alpha value is -1.44. The maximum absolute atomic E-state index is 12.2. The van der Waals surface area contributed by atoms with Gasteiger partial charge in [0.2, 0.25) is 10.0 Å². The van der Waals surface area contributed by atoms with E-state index in [2.05, 4.69) is 20.0 Å². The van der Waals surface area contributed by atoms with Crippen LogP contribution >= 0.6 is 0 Å². The third-order valence-electron chi connectivity index (χ3n) is 3.38. The molecule has 19 heavy (non-hydrogen) atoms. The Bertz CT molecular complexity index is 674. The fourth-order valence-corrected chi connectivity index (χ4v) is 3.41. The minimum absolute atomic E-state index is 0.241. The third kappa shape index (κ3) is 2.63. The highest BCUT2D eigenvalue weighted by Crippen LogP contribution is 2.16. The number of hydrogen-bond acceptors (Lipinski definition) is 4. The first-order chi connectivity index (χ1) is 9.15. The van der Waals surface area contributed by atoms with Crippen LogP contribution in [0.3, 0.4) is 0 Å². The first-order valence-electron chi connectivity index (χ1n) is 6.31. The molecule has 6 nitrogen and oxygen atoms in total. The van der Waals surface area contributed by atoms with Gasteiger partial charge in [-0.25, -0.2) is 18.1 Å². The Balaban J connectivity index is 1.78. The van der Waals surface area contributed by atoms with Gasteiger partial charge in [0.15, 0.2) is 0 Å². The number of nitrogens with zero attached hydrogens (tertiary/aromatic N) is 1. The fraction of sp³-hybridized carbons (Fsp3) is 0.417. The van der Waals surface area contributed by atoms with E-state index >= 15 is 0 Å². The van der Waals surface area contributed by atoms with Crippen molar-refractivity contribution in [3.05, 3.63) is 24.5 Å². The second-order valence-electron chi connectivity index (χ2n) is 4.73. The van der Waals surface area contributed by atoms with Gasteiger partial charge in [-0.15, -0.1) is 0 Å². The Morgan fingerprint density at radius 3 is 3.11 bits per heavy atom. The van der Waals surface area contributed by atoms with Crippen LogP contribution in [0.5, 0.6) is 0 Å². The molecule has 1 aliphatic rings. The Morgan fingerprint density at radius 1 is 1.42 bits per heavy atom. The fourth-order valence-electron chi connectivity index (χ4n) is 2.31. The zero-order valence-electron chi connectivity index (χ0n) is 10.4. The van der Waals surface area contributed by atoms with Crippen molar-refractivity contribution in [3.8, 4) is 0 Å². The lowest BCUT2D eigenvalue weighted by Crippen LogP contribution is -2.37. The molecule has 3 N–H and O–H groups in total. The number of aromatic amines is 1. The number of H-pyrrole nitrogens is 1. The van der Waals surface area contributed by atoms with Crippen LogP contribution in [-0.4, -0.2) is 37.5 Å². The minimum atomic E-state index is -3.45. The number of hydrogen-bond donors (Lipinski definition) is 3. The highest BCUT2D eigenvalue weighted by atomic mass is 32.2. The normalized spacial score (nSPS) is 20.1. The molecule has 1 aromatic heterocycles. The Morgan fingerprint density at radius 2 is 2.32 bits per heavy atom. The Labute approximate surface area is 111 Å². The quantitative estimate of drug-likeness (QED) is 0.765. The molecule has 0 aliphatic carbocycles. The van der Waals surface area contributed by atoms with Crippen LogP contribution < -0.4 is 10.0 Å². The van der Waals surface area contributed by atoms with E-state index in [-0.39, 0.29) is 10.9 Å². The second-order valence-corrected chi connectivity index (χ2v) is 6.49. The molecule has 0 bridgehead atoms. The van der Waals surface area contributed by atoms with Gasteiger partial charge in [0.25, 0.3) is 0 Å². The van der Waals surface area contributed by atoms with E-state index in [0.29, 0.717) is 6.54 Å². The standard InChI is InChI=1S/C12H16N4O2S/c17-19(18,16-7-9-2-1-5-13-9)10-3-4-11-12(6-10)15-8-14-11/h3-4,6,8-9,13,16H,1-2,5,7H2,(H,14,15)/t9-/m0/s1. The van der Waals surface area contributed by atoms with Gasteiger partial charge in [0.1, 0.15) is 0 Å². The molecule has 0 radical (unpaired) electrons. The summed E-state index contributed by atoms with van der Waals surface area (Å²) in [5, 5.41) is 3.26. The molecule has 2 heterocycles. The molecule has 0 spiro atoms. The maximum Gasteiger partial charge on any atom is 0.240 e. The summed E-state index contributed by atoms with van der Waals surface area (Å²) in [6.07, 6.45) is 3.67. The van der Waals surface area contributed by atoms with Gasteiger partial charge in [0.05, 0.1) is 22.3 Å². The summed E-state index contributed by atoms with van der Waals surface area (Å²) in [7, 11) is -3.45. The summed E-state index contributed by atoms with van der Waals surface area (Å²) >= 11 is 0. The average molecular weight is 280 g/mol. The van der Waals surface area contributed by atoms with E-state index < -0.39 is 10.0 Å². The van der Waals surface area contributed by atoms with Crippen LogP contribution in [-0.2, 0) is 10.0 Å². The molecule has 1 fully saturated rings. The monoisotopic (exact) mass is 280 g/mol. The molecule has 1 saturated heterocycles. The highest BCUT2D eigenvalue weighted by Gasteiger charge is 2.19. The van der Waals surface area contributed by atoms with Crippen LogP contribution in [0.25, 0.3) is 11.0 Å². The van der Waals surface area contributed by atoms with E-state index in [1.165, 1.54) is 0 Å². The molecule has 0 saturated carbocycles. The van der Waals surface area contributed by atoms with Crippen molar-refractivity contribution < 1.29 is 8.42 Å². The van der Waals surface area contributed by atoms with Gasteiger partial charge in [0, 0.05) is 12.6 Å². The van der Waals surface area contributed by atoms with Crippen molar-refractivity contribution >= 4 is 21.1 Å². The lowest BCUT2D eigenvalue weighted by Gasteiger charge is -2.12. The number of benzene rings is 1. The average Bonchev–Trinajstić information content (AvgIpc) is 3.06. The molecule has 0 amide bonds. The summed E-state index contributed by atoms with van der Waals surface area (Å²) in [6.45, 7) is 1.40. The van der Waals surface area contributed by atoms with Crippen LogP contribution in [0, 0.1) is 0 Å². The first-order valence-corrected chi connectivity index (χ1v) is 7.80. The van der Waals surface area contributed by atoms with Crippen LogP contribution in [0.2, 0.25) is 0 Å². The molecule has 102 valence electrons. The predicted molar refractivity (Wildman–Crippen MR) is 72.3 cm³/mol. The zero-order chi connectivity index (χ0) is 13.3. The molecule has 3 rings (SSSR count). The zero-order valence-corrected chi connectivity index (χ0v) is 11.2. The van der Waals surface area contributed by atoms with E-state index in [1.54, 1.807) is 24.5 Å². The van der Waals surface area contributed by atoms with Crippen molar-refractivity contribution in [2.45, 2.75) is 23.8 Å². The van der Waals surface area contributed by atoms with Crippen molar-refractivity contribution in [2.75, 3.05) is 13.1 Å². The molecule has 1 aromatic carbocycles. The number of imidazole rings is 1. The van der Waals surface area contributed by atoms with E-state index in [4.69, 9.17) is 0 Å². The van der Waals surface area contributed by atoms with Crippen LogP contribution in [0.4, 0.5) is 0 Å². The molecule has 1 atom stereocenters. The molecule has 0 unspecified atom stereocenters. The molecule has 7 heteroatoms. The molecular weight excluding hydrogens is 264 g/mol. The first kappa shape index (κ1) is 12.6. The highest BCUT2D eigenvalue weighted by molar-refractivity contribution is 7.89. The number of sulfonamides is 1. The van der Waals surface area contributed by atoms with Gasteiger partial charge in [-0.1, -0.05) is 0 Å². The summed E-state index contributed by atoms with van der Waals surface area (Å²) in [5.74, 6) is 0. The van der Waals surface area contributed by atoms with Crippen LogP contribution in [0.15, 0.2) is 29.4 Å². The number of fused-ring (bicyclic) bond motifs is 1. The van der Waals surface area contributed by atoms with Gasteiger partial charge < -0.3 is 10.3 Å².